The molecular weight excluding hydrogens is 1450 g/mol. The minimum atomic E-state index is -0.947. The fourth-order valence-electron chi connectivity index (χ4n) is 14.5. The monoisotopic (exact) mass is 1560 g/mol. The van der Waals surface area contributed by atoms with Crippen LogP contribution in [0.2, 0.25) is 0 Å². The van der Waals surface area contributed by atoms with Gasteiger partial charge in [0, 0.05) is 130 Å². The first-order chi connectivity index (χ1) is 37.0. The standard InChI is InChI=1S/C63H114O15.2Ac/c1-22-44-30(8)29(7)38(16)58(67-44)73-51-32(10)39(17)59(68-45(51)23-2)74-52-33(11)40(18)60(69-46(52)24-3)75-53-34(12)41(19)61(70-47(53)25-4)76-54-35(13)42(20)62(71-48(54)26-5)77-55-36(14)43(21)63(72-49(55)27-6)78-56-31(9)37(15)57(65)66-50(56)28-64;;/h29-65H,22-28H2,1-21H3;;/t29-,30+,31?,32+,33?,34?,35+,36+,37?,38+,39?,40?,41?,42?,43?,44?,45?,46?,47?,48?,49?,50?,51+,52-,53-,54+,55+,56-,57?,58?,59-,60+,61+,62-,63-;;/m0../s1. The summed E-state index contributed by atoms with van der Waals surface area (Å²) in [5.41, 5.74) is 0. The minimum Gasteiger partial charge on any atom is -0.394 e. The number of aliphatic hydroxyl groups is 2. The first kappa shape index (κ1) is 73.0. The van der Waals surface area contributed by atoms with Crippen LogP contribution in [0.1, 0.15) is 184 Å². The summed E-state index contributed by atoms with van der Waals surface area (Å²) in [6.45, 7) is 46.1. The van der Waals surface area contributed by atoms with Crippen molar-refractivity contribution in [2.75, 3.05) is 6.61 Å². The van der Waals surface area contributed by atoms with E-state index in [2.05, 4.69) is 132 Å². The van der Waals surface area contributed by atoms with Crippen LogP contribution in [0.4, 0.5) is 0 Å². The van der Waals surface area contributed by atoms with Gasteiger partial charge in [-0.1, -0.05) is 145 Å². The van der Waals surface area contributed by atoms with Gasteiger partial charge in [0.05, 0.1) is 79.9 Å². The molecule has 7 rings (SSSR count). The summed E-state index contributed by atoms with van der Waals surface area (Å²) in [4.78, 5) is 0. The molecule has 0 amide bonds. The number of ether oxygens (including phenoxy) is 13. The first-order valence-electron chi connectivity index (χ1n) is 31.8. The van der Waals surface area contributed by atoms with Crippen LogP contribution in [-0.2, 0) is 61.6 Å². The van der Waals surface area contributed by atoms with E-state index in [9.17, 15) is 10.2 Å². The van der Waals surface area contributed by atoms with Crippen molar-refractivity contribution in [1.82, 2.24) is 0 Å². The molecule has 2 N–H and O–H groups in total. The molecule has 0 aliphatic carbocycles. The zero-order valence-electron chi connectivity index (χ0n) is 53.5. The third-order valence-corrected chi connectivity index (χ3v) is 22.1. The molecule has 0 bridgehead atoms. The molecule has 0 aromatic carbocycles. The number of rotatable bonds is 19. The quantitative estimate of drug-likeness (QED) is 0.126. The molecule has 0 saturated carbocycles. The largest absolute Gasteiger partial charge is 0.394 e. The Morgan fingerprint density at radius 3 is 0.675 bits per heavy atom. The summed E-state index contributed by atoms with van der Waals surface area (Å²) in [7, 11) is 0. The van der Waals surface area contributed by atoms with E-state index in [0.717, 1.165) is 38.5 Å². The van der Waals surface area contributed by atoms with Gasteiger partial charge in [0.2, 0.25) is 0 Å². The van der Waals surface area contributed by atoms with Crippen LogP contribution in [0.15, 0.2) is 0 Å². The molecule has 7 aliphatic heterocycles. The van der Waals surface area contributed by atoms with Crippen molar-refractivity contribution >= 4 is 0 Å². The van der Waals surface area contributed by atoms with Gasteiger partial charge in [-0.15, -0.1) is 0 Å². The van der Waals surface area contributed by atoms with Gasteiger partial charge in [-0.3, -0.25) is 0 Å². The molecule has 7 saturated heterocycles. The van der Waals surface area contributed by atoms with E-state index in [1.807, 2.05) is 13.8 Å². The maximum Gasteiger partial charge on any atom is 0.161 e. The van der Waals surface area contributed by atoms with Crippen molar-refractivity contribution in [1.29, 1.82) is 0 Å². The topological polar surface area (TPSA) is 160 Å². The van der Waals surface area contributed by atoms with Crippen molar-refractivity contribution < 1.29 is 160 Å². The van der Waals surface area contributed by atoms with Crippen LogP contribution in [0.3, 0.4) is 0 Å². The first-order valence-corrected chi connectivity index (χ1v) is 31.8. The summed E-state index contributed by atoms with van der Waals surface area (Å²) >= 11 is 0. The fraction of sp³-hybridized carbons (Fsp3) is 1.00. The van der Waals surface area contributed by atoms with Crippen molar-refractivity contribution in [3.63, 3.8) is 0 Å². The van der Waals surface area contributed by atoms with Crippen molar-refractivity contribution in [3.8, 4) is 0 Å². The Kier molecular flexibility index (Phi) is 29.5. The molecule has 2 radical (unpaired) electrons. The maximum atomic E-state index is 10.5. The zero-order chi connectivity index (χ0) is 57.3. The van der Waals surface area contributed by atoms with E-state index in [1.54, 1.807) is 0 Å². The summed E-state index contributed by atoms with van der Waals surface area (Å²) in [6.07, 6.45) is -1.22. The molecule has 0 spiro atoms. The van der Waals surface area contributed by atoms with Gasteiger partial charge < -0.3 is 71.8 Å². The Balaban J connectivity index is 0.00000588. The van der Waals surface area contributed by atoms with E-state index in [4.69, 9.17) is 61.6 Å². The van der Waals surface area contributed by atoms with Crippen LogP contribution >= 0.6 is 0 Å². The molecule has 7 aliphatic rings. The molecular formula is C63H114Ac2O15. The Morgan fingerprint density at radius 1 is 0.250 bits per heavy atom. The Labute approximate surface area is 557 Å². The second-order valence-electron chi connectivity index (χ2n) is 26.4. The van der Waals surface area contributed by atoms with Crippen LogP contribution in [0.5, 0.6) is 0 Å². The SMILES string of the molecule is CCC1O[C@H](O[C@H]2C(CC)O[C@@H](O[C@H]3C(CC)O[C@@H](O[C@@H]4C(CO)OC(O)C(C)C4C)C(C)[C@H]3C)C(C)[C@H]2C)C(C)C(C)[C@@H]1O[C@H]1OC(CC)[C@@H](O[C@@H]2OC(CC)[C@H](OC3OC(CC)[C@H](C)[C@H](C)[C@H]3C)[C@H](C)C2C)C(C)C1C.[Ac].[Ac]. The van der Waals surface area contributed by atoms with E-state index in [1.165, 1.54) is 0 Å². The molecule has 80 heavy (non-hydrogen) atoms. The summed E-state index contributed by atoms with van der Waals surface area (Å²) in [5, 5.41) is 20.7. The average Bonchev–Trinajstić information content (AvgIpc) is 3.48. The van der Waals surface area contributed by atoms with Crippen LogP contribution in [0.25, 0.3) is 0 Å². The third-order valence-electron chi connectivity index (χ3n) is 22.1. The van der Waals surface area contributed by atoms with Crippen molar-refractivity contribution in [2.45, 2.75) is 307 Å². The van der Waals surface area contributed by atoms with Gasteiger partial charge in [0.25, 0.3) is 0 Å². The van der Waals surface area contributed by atoms with Crippen LogP contribution < -0.4 is 0 Å². The van der Waals surface area contributed by atoms with Gasteiger partial charge in [-0.2, -0.15) is 0 Å². The summed E-state index contributed by atoms with van der Waals surface area (Å²) in [5.74, 6) is 1.95. The number of aliphatic hydroxyl groups excluding tert-OH is 2. The molecule has 7 heterocycles. The van der Waals surface area contributed by atoms with Crippen LogP contribution in [0, 0.1) is 177 Å². The predicted molar refractivity (Wildman–Crippen MR) is 298 cm³/mol. The van der Waals surface area contributed by atoms with Gasteiger partial charge >= 0.3 is 0 Å². The van der Waals surface area contributed by atoms with E-state index >= 15 is 0 Å². The Bertz CT molecular complexity index is 1800. The molecule has 7 fully saturated rings. The second kappa shape index (κ2) is 32.3. The van der Waals surface area contributed by atoms with Crippen molar-refractivity contribution in [2.24, 2.45) is 88.8 Å². The molecule has 0 aromatic heterocycles. The fourth-order valence-corrected chi connectivity index (χ4v) is 14.5. The van der Waals surface area contributed by atoms with E-state index < -0.39 is 43.7 Å². The molecule has 18 unspecified atom stereocenters. The number of hydrogen-bond acceptors (Lipinski definition) is 15. The Morgan fingerprint density at radius 2 is 0.450 bits per heavy atom. The zero-order valence-corrected chi connectivity index (χ0v) is 63.0. The van der Waals surface area contributed by atoms with Gasteiger partial charge in [-0.25, -0.2) is 0 Å². The van der Waals surface area contributed by atoms with Gasteiger partial charge in [0.1, 0.15) is 6.10 Å². The maximum absolute atomic E-state index is 10.5. The predicted octanol–water partition coefficient (Wildman–Crippen LogP) is 11.4. The van der Waals surface area contributed by atoms with E-state index in [-0.39, 0.29) is 245 Å². The normalized spacial score (nSPS) is 52.2. The molecule has 35 atom stereocenters. The van der Waals surface area contributed by atoms with E-state index in [0.29, 0.717) is 17.8 Å². The number of hydrogen-bond donors (Lipinski definition) is 2. The third kappa shape index (κ3) is 15.5. The summed E-state index contributed by atoms with van der Waals surface area (Å²) in [6, 6.07) is 0. The second-order valence-corrected chi connectivity index (χ2v) is 26.4. The average molecular weight is 1570 g/mol. The van der Waals surface area contributed by atoms with Gasteiger partial charge in [-0.05, 0) is 85.9 Å². The molecule has 0 aromatic rings. The summed E-state index contributed by atoms with van der Waals surface area (Å²) < 4.78 is 89.2. The molecule has 17 heteroatoms. The molecule has 15 nitrogen and oxygen atoms in total. The molecule has 462 valence electrons. The minimum absolute atomic E-state index is 0. The van der Waals surface area contributed by atoms with Crippen LogP contribution in [-0.4, -0.2) is 140 Å². The Hall–Kier alpha value is 2.28. The smallest absolute Gasteiger partial charge is 0.161 e. The van der Waals surface area contributed by atoms with Crippen molar-refractivity contribution in [3.05, 3.63) is 0 Å². The van der Waals surface area contributed by atoms with Gasteiger partial charge in [0.15, 0.2) is 44.0 Å².